The van der Waals surface area contributed by atoms with E-state index in [9.17, 15) is 4.79 Å². The Labute approximate surface area is 85.6 Å². The molecule has 0 bridgehead atoms. The number of hydrogen-bond donors (Lipinski definition) is 2. The van der Waals surface area contributed by atoms with Crippen LogP contribution >= 0.6 is 0 Å². The molecule has 0 aromatic carbocycles. The van der Waals surface area contributed by atoms with Crippen LogP contribution in [0, 0.1) is 5.92 Å². The second-order valence-electron chi connectivity index (χ2n) is 4.02. The van der Waals surface area contributed by atoms with Gasteiger partial charge in [0.15, 0.2) is 0 Å². The monoisotopic (exact) mass is 199 g/mol. The normalized spacial score (nSPS) is 25.1. The first-order valence-corrected chi connectivity index (χ1v) is 5.42. The molecule has 2 atom stereocenters. The third-order valence-corrected chi connectivity index (χ3v) is 3.11. The van der Waals surface area contributed by atoms with Crippen molar-refractivity contribution >= 4 is 5.91 Å². The molecule has 1 amide bonds. The highest BCUT2D eigenvalue weighted by atomic mass is 16.1. The van der Waals surface area contributed by atoms with Crippen LogP contribution in [0.2, 0.25) is 0 Å². The first-order chi connectivity index (χ1) is 6.69. The summed E-state index contributed by atoms with van der Waals surface area (Å²) in [5.74, 6) is -0.100. The number of nitrogens with zero attached hydrogens (tertiary/aromatic N) is 1. The molecule has 1 heterocycles. The fourth-order valence-corrected chi connectivity index (χ4v) is 2.19. The van der Waals surface area contributed by atoms with E-state index in [0.29, 0.717) is 6.04 Å². The number of hydrogen-bond acceptors (Lipinski definition) is 3. The Morgan fingerprint density at radius 2 is 2.36 bits per heavy atom. The van der Waals surface area contributed by atoms with Crippen molar-refractivity contribution in [3.63, 3.8) is 0 Å². The number of amides is 1. The van der Waals surface area contributed by atoms with Crippen molar-refractivity contribution < 1.29 is 4.79 Å². The van der Waals surface area contributed by atoms with Crippen molar-refractivity contribution in [2.75, 3.05) is 19.6 Å². The molecule has 1 aliphatic heterocycles. The average Bonchev–Trinajstić information content (AvgIpc) is 2.63. The van der Waals surface area contributed by atoms with Gasteiger partial charge in [-0.2, -0.15) is 0 Å². The lowest BCUT2D eigenvalue weighted by molar-refractivity contribution is -0.121. The summed E-state index contributed by atoms with van der Waals surface area (Å²) in [5.41, 5.74) is 10.8. The van der Waals surface area contributed by atoms with Gasteiger partial charge in [0.05, 0.1) is 5.92 Å². The van der Waals surface area contributed by atoms with Crippen LogP contribution < -0.4 is 11.5 Å². The Bertz CT molecular complexity index is 196. The van der Waals surface area contributed by atoms with Gasteiger partial charge in [-0.25, -0.2) is 0 Å². The summed E-state index contributed by atoms with van der Waals surface area (Å²) in [6, 6.07) is 0.532. The van der Waals surface area contributed by atoms with Crippen LogP contribution in [0.25, 0.3) is 0 Å². The highest BCUT2D eigenvalue weighted by Gasteiger charge is 2.29. The van der Waals surface area contributed by atoms with Gasteiger partial charge >= 0.3 is 0 Å². The Morgan fingerprint density at radius 3 is 2.79 bits per heavy atom. The Balaban J connectivity index is 2.42. The van der Waals surface area contributed by atoms with E-state index in [1.807, 2.05) is 0 Å². The molecular formula is C10H21N3O. The van der Waals surface area contributed by atoms with Crippen molar-refractivity contribution in [3.8, 4) is 0 Å². The van der Waals surface area contributed by atoms with Crippen molar-refractivity contribution in [2.24, 2.45) is 17.4 Å². The number of carbonyl (C=O) groups is 1. The first kappa shape index (κ1) is 11.5. The molecule has 1 saturated heterocycles. The minimum absolute atomic E-state index is 0.0572. The Hall–Kier alpha value is -0.610. The van der Waals surface area contributed by atoms with E-state index >= 15 is 0 Å². The smallest absolute Gasteiger partial charge is 0.221 e. The fourth-order valence-electron chi connectivity index (χ4n) is 2.19. The lowest BCUT2D eigenvalue weighted by Gasteiger charge is -2.26. The molecule has 0 saturated carbocycles. The van der Waals surface area contributed by atoms with Crippen molar-refractivity contribution in [1.29, 1.82) is 0 Å². The fraction of sp³-hybridized carbons (Fsp3) is 0.900. The van der Waals surface area contributed by atoms with E-state index in [1.165, 1.54) is 0 Å². The number of rotatable bonds is 5. The summed E-state index contributed by atoms with van der Waals surface area (Å²) in [5, 5.41) is 0. The Kier molecular flexibility index (Phi) is 4.35. The predicted octanol–water partition coefficient (Wildman–Crippen LogP) is -0.0790. The quantitative estimate of drug-likeness (QED) is 0.650. The molecule has 4 N–H and O–H groups in total. The molecule has 4 heteroatoms. The largest absolute Gasteiger partial charge is 0.369 e. The molecular weight excluding hydrogens is 178 g/mol. The molecule has 0 aliphatic carbocycles. The van der Waals surface area contributed by atoms with Gasteiger partial charge in [-0.1, -0.05) is 6.92 Å². The maximum Gasteiger partial charge on any atom is 0.221 e. The van der Waals surface area contributed by atoms with Gasteiger partial charge in [-0.15, -0.1) is 0 Å². The van der Waals surface area contributed by atoms with Crippen LogP contribution in [0.3, 0.4) is 0 Å². The molecule has 1 fully saturated rings. The molecule has 1 aliphatic rings. The summed E-state index contributed by atoms with van der Waals surface area (Å²) in [7, 11) is 0. The molecule has 0 radical (unpaired) electrons. The molecule has 0 aromatic heterocycles. The van der Waals surface area contributed by atoms with Crippen molar-refractivity contribution in [2.45, 2.75) is 32.2 Å². The molecule has 1 rings (SSSR count). The average molecular weight is 199 g/mol. The molecule has 14 heavy (non-hydrogen) atoms. The van der Waals surface area contributed by atoms with E-state index < -0.39 is 0 Å². The van der Waals surface area contributed by atoms with Crippen LogP contribution in [0.4, 0.5) is 0 Å². The number of primary amides is 1. The second-order valence-corrected chi connectivity index (χ2v) is 4.02. The lowest BCUT2D eigenvalue weighted by atomic mass is 10.1. The molecule has 82 valence electrons. The maximum absolute atomic E-state index is 11.0. The van der Waals surface area contributed by atoms with Crippen LogP contribution in [-0.4, -0.2) is 36.5 Å². The van der Waals surface area contributed by atoms with E-state index in [1.54, 1.807) is 0 Å². The zero-order valence-corrected chi connectivity index (χ0v) is 8.91. The van der Waals surface area contributed by atoms with Crippen molar-refractivity contribution in [1.82, 2.24) is 4.90 Å². The summed E-state index contributed by atoms with van der Waals surface area (Å²) in [6.45, 7) is 4.70. The maximum atomic E-state index is 11.0. The summed E-state index contributed by atoms with van der Waals surface area (Å²) >= 11 is 0. The summed E-state index contributed by atoms with van der Waals surface area (Å²) in [6.07, 6.45) is 3.03. The third kappa shape index (κ3) is 2.69. The zero-order valence-electron chi connectivity index (χ0n) is 8.91. The van der Waals surface area contributed by atoms with Gasteiger partial charge in [0.25, 0.3) is 0 Å². The van der Waals surface area contributed by atoms with E-state index in [-0.39, 0.29) is 11.8 Å². The minimum atomic E-state index is -0.157. The van der Waals surface area contributed by atoms with Gasteiger partial charge in [0.2, 0.25) is 5.91 Å². The number of carbonyl (C=O) groups excluding carboxylic acids is 1. The minimum Gasteiger partial charge on any atom is -0.369 e. The highest BCUT2D eigenvalue weighted by molar-refractivity contribution is 5.77. The lowest BCUT2D eigenvalue weighted by Crippen LogP contribution is -2.36. The van der Waals surface area contributed by atoms with Crippen molar-refractivity contribution in [3.05, 3.63) is 0 Å². The molecule has 0 spiro atoms. The number of nitrogens with two attached hydrogens (primary N) is 2. The summed E-state index contributed by atoms with van der Waals surface area (Å²) in [4.78, 5) is 13.3. The van der Waals surface area contributed by atoms with Gasteiger partial charge in [-0.05, 0) is 32.4 Å². The van der Waals surface area contributed by atoms with Crippen LogP contribution in [0.5, 0.6) is 0 Å². The highest BCUT2D eigenvalue weighted by Crippen LogP contribution is 2.20. The van der Waals surface area contributed by atoms with E-state index in [2.05, 4.69) is 11.8 Å². The molecule has 4 nitrogen and oxygen atoms in total. The van der Waals surface area contributed by atoms with Crippen LogP contribution in [0.1, 0.15) is 26.2 Å². The van der Waals surface area contributed by atoms with Crippen LogP contribution in [0.15, 0.2) is 0 Å². The number of likely N-dealkylation sites (tertiary alicyclic amines) is 1. The third-order valence-electron chi connectivity index (χ3n) is 3.11. The molecule has 2 unspecified atom stereocenters. The van der Waals surface area contributed by atoms with Gasteiger partial charge in [0, 0.05) is 12.6 Å². The van der Waals surface area contributed by atoms with Crippen LogP contribution in [-0.2, 0) is 4.79 Å². The van der Waals surface area contributed by atoms with E-state index in [0.717, 1.165) is 38.9 Å². The SMILES string of the molecule is CCC(CCN)N1CCC(C(N)=O)C1. The zero-order chi connectivity index (χ0) is 10.6. The first-order valence-electron chi connectivity index (χ1n) is 5.42. The summed E-state index contributed by atoms with van der Waals surface area (Å²) < 4.78 is 0. The Morgan fingerprint density at radius 1 is 1.64 bits per heavy atom. The standard InChI is InChI=1S/C10H21N3O/c1-2-9(3-5-11)13-6-4-8(7-13)10(12)14/h8-9H,2-7,11H2,1H3,(H2,12,14). The van der Waals surface area contributed by atoms with Gasteiger partial charge < -0.3 is 11.5 Å². The van der Waals surface area contributed by atoms with Gasteiger partial charge in [-0.3, -0.25) is 9.69 Å². The predicted molar refractivity (Wildman–Crippen MR) is 56.6 cm³/mol. The van der Waals surface area contributed by atoms with E-state index in [4.69, 9.17) is 11.5 Å². The van der Waals surface area contributed by atoms with Gasteiger partial charge in [0.1, 0.15) is 0 Å². The molecule has 0 aromatic rings. The second kappa shape index (κ2) is 5.32. The topological polar surface area (TPSA) is 72.3 Å².